The molecule has 0 atom stereocenters. The van der Waals surface area contributed by atoms with E-state index in [1.54, 1.807) is 12.4 Å². The number of rotatable bonds is 3. The average molecular weight is 241 g/mol. The third-order valence-corrected chi connectivity index (χ3v) is 3.16. The van der Waals surface area contributed by atoms with Crippen LogP contribution in [-0.2, 0) is 24.5 Å². The van der Waals surface area contributed by atoms with Crippen LogP contribution in [0.2, 0.25) is 0 Å². The molecule has 1 aromatic heterocycles. The van der Waals surface area contributed by atoms with Crippen LogP contribution in [0, 0.1) is 6.92 Å². The second-order valence-electron chi connectivity index (χ2n) is 4.42. The molecule has 4 heteroatoms. The standard InChI is InChI=1S/C14H15N3O/c1-10-14(16-5-4-15-10)7-17-13-3-2-11-8-18-9-12(11)6-13/h2-6,17H,7-9H2,1H3. The number of aromatic nitrogens is 2. The van der Waals surface area contributed by atoms with Gasteiger partial charge in [0, 0.05) is 18.1 Å². The number of anilines is 1. The second kappa shape index (κ2) is 4.74. The van der Waals surface area contributed by atoms with E-state index in [0.29, 0.717) is 6.54 Å². The van der Waals surface area contributed by atoms with E-state index in [1.807, 2.05) is 6.92 Å². The number of fused-ring (bicyclic) bond motifs is 1. The molecule has 0 spiro atoms. The van der Waals surface area contributed by atoms with E-state index in [4.69, 9.17) is 4.74 Å². The van der Waals surface area contributed by atoms with Gasteiger partial charge in [-0.2, -0.15) is 0 Å². The summed E-state index contributed by atoms with van der Waals surface area (Å²) < 4.78 is 5.40. The van der Waals surface area contributed by atoms with Gasteiger partial charge in [0.2, 0.25) is 0 Å². The van der Waals surface area contributed by atoms with Crippen LogP contribution in [0.15, 0.2) is 30.6 Å². The highest BCUT2D eigenvalue weighted by Gasteiger charge is 2.11. The molecular weight excluding hydrogens is 226 g/mol. The molecule has 1 aromatic carbocycles. The molecule has 0 aliphatic carbocycles. The first-order valence-corrected chi connectivity index (χ1v) is 6.03. The van der Waals surface area contributed by atoms with Crippen molar-refractivity contribution in [3.8, 4) is 0 Å². The van der Waals surface area contributed by atoms with E-state index in [9.17, 15) is 0 Å². The Morgan fingerprint density at radius 1 is 1.17 bits per heavy atom. The third kappa shape index (κ3) is 2.19. The fourth-order valence-electron chi connectivity index (χ4n) is 2.08. The molecular formula is C14H15N3O. The van der Waals surface area contributed by atoms with Gasteiger partial charge in [-0.05, 0) is 30.2 Å². The van der Waals surface area contributed by atoms with E-state index >= 15 is 0 Å². The molecule has 4 nitrogen and oxygen atoms in total. The Hall–Kier alpha value is -1.94. The van der Waals surface area contributed by atoms with Crippen molar-refractivity contribution in [1.29, 1.82) is 0 Å². The SMILES string of the molecule is Cc1nccnc1CNc1ccc2c(c1)COC2. The highest BCUT2D eigenvalue weighted by molar-refractivity contribution is 5.49. The second-order valence-corrected chi connectivity index (χ2v) is 4.42. The van der Waals surface area contributed by atoms with Crippen LogP contribution >= 0.6 is 0 Å². The summed E-state index contributed by atoms with van der Waals surface area (Å²) in [6, 6.07) is 6.35. The number of benzene rings is 1. The average Bonchev–Trinajstić information content (AvgIpc) is 2.85. The third-order valence-electron chi connectivity index (χ3n) is 3.16. The molecule has 1 aliphatic heterocycles. The zero-order chi connectivity index (χ0) is 12.4. The van der Waals surface area contributed by atoms with E-state index in [0.717, 1.165) is 30.3 Å². The van der Waals surface area contributed by atoms with Crippen LogP contribution in [0.25, 0.3) is 0 Å². The molecule has 0 bridgehead atoms. The highest BCUT2D eigenvalue weighted by Crippen LogP contribution is 2.23. The van der Waals surface area contributed by atoms with Gasteiger partial charge in [0.25, 0.3) is 0 Å². The monoisotopic (exact) mass is 241 g/mol. The van der Waals surface area contributed by atoms with Crippen molar-refractivity contribution < 1.29 is 4.74 Å². The minimum Gasteiger partial charge on any atom is -0.379 e. The van der Waals surface area contributed by atoms with Gasteiger partial charge in [-0.15, -0.1) is 0 Å². The van der Waals surface area contributed by atoms with Crippen LogP contribution in [0.3, 0.4) is 0 Å². The fourth-order valence-corrected chi connectivity index (χ4v) is 2.08. The van der Waals surface area contributed by atoms with Gasteiger partial charge in [-0.1, -0.05) is 6.07 Å². The van der Waals surface area contributed by atoms with Crippen molar-refractivity contribution in [2.75, 3.05) is 5.32 Å². The molecule has 0 fully saturated rings. The first-order valence-electron chi connectivity index (χ1n) is 6.03. The zero-order valence-electron chi connectivity index (χ0n) is 10.3. The lowest BCUT2D eigenvalue weighted by molar-refractivity contribution is 0.134. The molecule has 3 rings (SSSR count). The first kappa shape index (κ1) is 11.2. The summed E-state index contributed by atoms with van der Waals surface area (Å²) in [7, 11) is 0. The van der Waals surface area contributed by atoms with E-state index in [1.165, 1.54) is 11.1 Å². The summed E-state index contributed by atoms with van der Waals surface area (Å²) in [6.07, 6.45) is 3.44. The van der Waals surface area contributed by atoms with Gasteiger partial charge in [-0.3, -0.25) is 9.97 Å². The summed E-state index contributed by atoms with van der Waals surface area (Å²) >= 11 is 0. The van der Waals surface area contributed by atoms with E-state index in [-0.39, 0.29) is 0 Å². The Morgan fingerprint density at radius 3 is 2.89 bits per heavy atom. The smallest absolute Gasteiger partial charge is 0.0806 e. The molecule has 0 saturated carbocycles. The molecule has 2 aromatic rings. The van der Waals surface area contributed by atoms with Gasteiger partial charge < -0.3 is 10.1 Å². The molecule has 92 valence electrons. The molecule has 1 aliphatic rings. The van der Waals surface area contributed by atoms with Crippen LogP contribution < -0.4 is 5.32 Å². The van der Waals surface area contributed by atoms with Crippen LogP contribution in [0.4, 0.5) is 5.69 Å². The Balaban J connectivity index is 1.72. The normalized spacial score (nSPS) is 13.4. The van der Waals surface area contributed by atoms with Crippen molar-refractivity contribution in [2.24, 2.45) is 0 Å². The summed E-state index contributed by atoms with van der Waals surface area (Å²) in [6.45, 7) is 4.12. The number of nitrogens with one attached hydrogen (secondary N) is 1. The Kier molecular flexibility index (Phi) is 2.94. The minimum absolute atomic E-state index is 0.694. The van der Waals surface area contributed by atoms with Crippen molar-refractivity contribution in [2.45, 2.75) is 26.7 Å². The van der Waals surface area contributed by atoms with Crippen molar-refractivity contribution >= 4 is 5.69 Å². The lowest BCUT2D eigenvalue weighted by Gasteiger charge is -2.08. The van der Waals surface area contributed by atoms with Gasteiger partial charge in [-0.25, -0.2) is 0 Å². The maximum Gasteiger partial charge on any atom is 0.0806 e. The number of hydrogen-bond acceptors (Lipinski definition) is 4. The lowest BCUT2D eigenvalue weighted by atomic mass is 10.1. The van der Waals surface area contributed by atoms with E-state index < -0.39 is 0 Å². The van der Waals surface area contributed by atoms with Crippen LogP contribution in [0.5, 0.6) is 0 Å². The summed E-state index contributed by atoms with van der Waals surface area (Å²) in [4.78, 5) is 8.54. The Bertz CT molecular complexity index is 569. The Morgan fingerprint density at radius 2 is 2.00 bits per heavy atom. The Labute approximate surface area is 106 Å². The van der Waals surface area contributed by atoms with Crippen molar-refractivity contribution in [3.05, 3.63) is 53.1 Å². The summed E-state index contributed by atoms with van der Waals surface area (Å²) in [5.41, 5.74) is 5.61. The number of aryl methyl sites for hydroxylation is 1. The number of nitrogens with zero attached hydrogens (tertiary/aromatic N) is 2. The number of ether oxygens (including phenoxy) is 1. The van der Waals surface area contributed by atoms with Gasteiger partial charge in [0.05, 0.1) is 31.1 Å². The maximum atomic E-state index is 5.40. The zero-order valence-corrected chi connectivity index (χ0v) is 10.3. The van der Waals surface area contributed by atoms with Gasteiger partial charge >= 0.3 is 0 Å². The maximum absolute atomic E-state index is 5.40. The predicted molar refractivity (Wildman–Crippen MR) is 69.0 cm³/mol. The minimum atomic E-state index is 0.694. The lowest BCUT2D eigenvalue weighted by Crippen LogP contribution is -2.05. The number of hydrogen-bond donors (Lipinski definition) is 1. The predicted octanol–water partition coefficient (Wildman–Crippen LogP) is 2.43. The van der Waals surface area contributed by atoms with Gasteiger partial charge in [0.15, 0.2) is 0 Å². The molecule has 2 heterocycles. The largest absolute Gasteiger partial charge is 0.379 e. The quantitative estimate of drug-likeness (QED) is 0.896. The summed E-state index contributed by atoms with van der Waals surface area (Å²) in [5, 5.41) is 3.37. The van der Waals surface area contributed by atoms with Crippen molar-refractivity contribution in [3.63, 3.8) is 0 Å². The summed E-state index contributed by atoms with van der Waals surface area (Å²) in [5.74, 6) is 0. The molecule has 0 saturated heterocycles. The molecule has 0 amide bonds. The van der Waals surface area contributed by atoms with Gasteiger partial charge in [0.1, 0.15) is 0 Å². The molecule has 18 heavy (non-hydrogen) atoms. The fraction of sp³-hybridized carbons (Fsp3) is 0.286. The first-order chi connectivity index (χ1) is 8.83. The molecule has 0 radical (unpaired) electrons. The topological polar surface area (TPSA) is 47.0 Å². The van der Waals surface area contributed by atoms with Crippen molar-refractivity contribution in [1.82, 2.24) is 9.97 Å². The highest BCUT2D eigenvalue weighted by atomic mass is 16.5. The van der Waals surface area contributed by atoms with Crippen LogP contribution in [0.1, 0.15) is 22.5 Å². The molecule has 0 unspecified atom stereocenters. The molecule has 1 N–H and O–H groups in total. The van der Waals surface area contributed by atoms with E-state index in [2.05, 4.69) is 33.5 Å². The van der Waals surface area contributed by atoms with Crippen LogP contribution in [-0.4, -0.2) is 9.97 Å².